The minimum Gasteiger partial charge on any atom is -0.463 e. The third-order valence-electron chi connectivity index (χ3n) is 9.35. The number of hydrogen-bond acceptors (Lipinski definition) is 9. The summed E-state index contributed by atoms with van der Waals surface area (Å²) in [7, 11) is 0. The van der Waals surface area contributed by atoms with Gasteiger partial charge in [-0.2, -0.15) is 0 Å². The predicted octanol–water partition coefficient (Wildman–Crippen LogP) is 2.42. The molecule has 0 amide bonds. The number of allylic oxidation sites excluding steroid dienone is 1. The molecule has 3 N–H and O–H groups in total. The van der Waals surface area contributed by atoms with Crippen LogP contribution in [-0.4, -0.2) is 77.8 Å². The summed E-state index contributed by atoms with van der Waals surface area (Å²) in [5, 5.41) is 31.2. The summed E-state index contributed by atoms with van der Waals surface area (Å²) in [6.07, 6.45) is 1.89. The summed E-state index contributed by atoms with van der Waals surface area (Å²) in [6.45, 7) is 10.7. The van der Waals surface area contributed by atoms with Gasteiger partial charge in [0.05, 0.1) is 6.61 Å². The lowest BCUT2D eigenvalue weighted by atomic mass is 9.47. The molecule has 0 unspecified atom stereocenters. The van der Waals surface area contributed by atoms with Crippen molar-refractivity contribution in [3.8, 4) is 0 Å². The van der Waals surface area contributed by atoms with E-state index >= 15 is 0 Å². The Kier molecular flexibility index (Phi) is 8.50. The quantitative estimate of drug-likeness (QED) is 0.325. The van der Waals surface area contributed by atoms with Crippen LogP contribution in [-0.2, 0) is 28.5 Å². The normalized spacial score (nSPS) is 42.1. The van der Waals surface area contributed by atoms with Crippen LogP contribution >= 0.6 is 0 Å². The first-order valence-electron chi connectivity index (χ1n) is 13.4. The van der Waals surface area contributed by atoms with E-state index in [9.17, 15) is 24.9 Å². The minimum absolute atomic E-state index is 0.00558. The van der Waals surface area contributed by atoms with Crippen LogP contribution < -0.4 is 0 Å². The average Bonchev–Trinajstić information content (AvgIpc) is 3.25. The Hall–Kier alpha value is -1.78. The maximum absolute atomic E-state index is 12.0. The number of aliphatic hydroxyl groups excluding tert-OH is 3. The molecule has 0 aromatic carbocycles. The maximum atomic E-state index is 12.0. The predicted molar refractivity (Wildman–Crippen MR) is 133 cm³/mol. The van der Waals surface area contributed by atoms with E-state index in [2.05, 4.69) is 20.4 Å². The number of aliphatic hydroxyl groups is 3. The Morgan fingerprint density at radius 1 is 1.19 bits per heavy atom. The SMILES string of the molecule is C=C1CC[C@H]2[C@](C)(CO[C@@H]3O[C@H](COC(C)=O)[C@@H](O)[C@H](O)[C@H]3O)CCC[C@@]2(C)[C@@H]1CCC1=CCOC1=O. The van der Waals surface area contributed by atoms with Gasteiger partial charge in [-0.15, -0.1) is 0 Å². The summed E-state index contributed by atoms with van der Waals surface area (Å²) >= 11 is 0. The van der Waals surface area contributed by atoms with Crippen LogP contribution in [0.4, 0.5) is 0 Å². The number of esters is 2. The van der Waals surface area contributed by atoms with Crippen LogP contribution in [0.3, 0.4) is 0 Å². The second kappa shape index (κ2) is 11.1. The van der Waals surface area contributed by atoms with Gasteiger partial charge in [-0.1, -0.05) is 32.4 Å². The van der Waals surface area contributed by atoms with Crippen LogP contribution in [0.5, 0.6) is 0 Å². The van der Waals surface area contributed by atoms with E-state index < -0.39 is 36.7 Å². The van der Waals surface area contributed by atoms with Crippen molar-refractivity contribution >= 4 is 11.9 Å². The molecule has 0 aromatic rings. The van der Waals surface area contributed by atoms with Gasteiger partial charge in [-0.25, -0.2) is 4.79 Å². The lowest BCUT2D eigenvalue weighted by molar-refractivity contribution is -0.310. The van der Waals surface area contributed by atoms with Crippen molar-refractivity contribution < 1.29 is 43.9 Å². The van der Waals surface area contributed by atoms with Crippen LogP contribution in [0.2, 0.25) is 0 Å². The third kappa shape index (κ3) is 5.66. The molecule has 4 aliphatic rings. The molecule has 2 saturated carbocycles. The van der Waals surface area contributed by atoms with Gasteiger partial charge in [0.1, 0.15) is 37.6 Å². The molecule has 0 spiro atoms. The van der Waals surface area contributed by atoms with E-state index in [1.807, 2.05) is 6.08 Å². The summed E-state index contributed by atoms with van der Waals surface area (Å²) in [6, 6.07) is 0. The fraction of sp³-hybridized carbons (Fsp3) is 0.786. The lowest BCUT2D eigenvalue weighted by Crippen LogP contribution is -2.60. The van der Waals surface area contributed by atoms with Crippen molar-refractivity contribution in [1.29, 1.82) is 0 Å². The highest BCUT2D eigenvalue weighted by molar-refractivity contribution is 5.90. The number of rotatable bonds is 8. The molecule has 9 heteroatoms. The van der Waals surface area contributed by atoms with Crippen molar-refractivity contribution in [2.24, 2.45) is 22.7 Å². The highest BCUT2D eigenvalue weighted by atomic mass is 16.7. The van der Waals surface area contributed by atoms with Gasteiger partial charge in [-0.05, 0) is 67.3 Å². The average molecular weight is 523 g/mol. The standard InChI is InChI=1S/C28H42O9/c1-16-6-9-21-27(3,11-5-12-28(21,4)19(16)8-7-18-10-13-34-25(18)33)15-36-26-24(32)23(31)22(30)20(37-26)14-35-17(2)29/h10,19-24,26,30-32H,1,5-9,11-15H2,2-4H3/t19-,20-,21+,22-,23+,24-,26-,27+,28+/m1/s1. The second-order valence-corrected chi connectivity index (χ2v) is 11.8. The zero-order chi connectivity index (χ0) is 27.0. The molecule has 9 atom stereocenters. The first-order valence-corrected chi connectivity index (χ1v) is 13.4. The second-order valence-electron chi connectivity index (χ2n) is 11.8. The van der Waals surface area contributed by atoms with Crippen molar-refractivity contribution in [2.45, 2.75) is 96.4 Å². The lowest BCUT2D eigenvalue weighted by Gasteiger charge is -2.59. The Labute approximate surface area is 218 Å². The van der Waals surface area contributed by atoms with E-state index in [4.69, 9.17) is 18.9 Å². The van der Waals surface area contributed by atoms with Crippen LogP contribution in [0, 0.1) is 22.7 Å². The third-order valence-corrected chi connectivity index (χ3v) is 9.35. The van der Waals surface area contributed by atoms with Gasteiger partial charge in [0.2, 0.25) is 0 Å². The highest BCUT2D eigenvalue weighted by Crippen LogP contribution is 2.62. The molecule has 3 fully saturated rings. The number of hydrogen-bond donors (Lipinski definition) is 3. The fourth-order valence-corrected chi connectivity index (χ4v) is 7.35. The molecule has 0 aromatic heterocycles. The first kappa shape index (κ1) is 28.2. The Morgan fingerprint density at radius 3 is 2.62 bits per heavy atom. The van der Waals surface area contributed by atoms with Crippen LogP contribution in [0.25, 0.3) is 0 Å². The number of ether oxygens (including phenoxy) is 4. The Balaban J connectivity index is 1.45. The summed E-state index contributed by atoms with van der Waals surface area (Å²) in [4.78, 5) is 23.2. The minimum atomic E-state index is -1.48. The number of fused-ring (bicyclic) bond motifs is 1. The molecule has 2 heterocycles. The zero-order valence-corrected chi connectivity index (χ0v) is 22.2. The Morgan fingerprint density at radius 2 is 1.95 bits per heavy atom. The largest absolute Gasteiger partial charge is 0.463 e. The smallest absolute Gasteiger partial charge is 0.334 e. The molecule has 0 radical (unpaired) electrons. The summed E-state index contributed by atoms with van der Waals surface area (Å²) < 4.78 is 21.9. The molecule has 208 valence electrons. The van der Waals surface area contributed by atoms with Crippen LogP contribution in [0.15, 0.2) is 23.8 Å². The summed E-state index contributed by atoms with van der Waals surface area (Å²) in [5.74, 6) is -0.128. The molecular weight excluding hydrogens is 480 g/mol. The number of carbonyl (C=O) groups is 2. The van der Waals surface area contributed by atoms with Crippen molar-refractivity contribution in [1.82, 2.24) is 0 Å². The highest BCUT2D eigenvalue weighted by Gasteiger charge is 2.55. The van der Waals surface area contributed by atoms with Gasteiger partial charge < -0.3 is 34.3 Å². The zero-order valence-electron chi connectivity index (χ0n) is 22.2. The van der Waals surface area contributed by atoms with E-state index in [-0.39, 0.29) is 29.3 Å². The molecule has 9 nitrogen and oxygen atoms in total. The van der Waals surface area contributed by atoms with Gasteiger partial charge in [0, 0.05) is 12.5 Å². The summed E-state index contributed by atoms with van der Waals surface area (Å²) in [5.41, 5.74) is 1.79. The van der Waals surface area contributed by atoms with Gasteiger partial charge in [0.25, 0.3) is 0 Å². The van der Waals surface area contributed by atoms with Gasteiger partial charge >= 0.3 is 11.9 Å². The van der Waals surface area contributed by atoms with E-state index in [0.29, 0.717) is 25.6 Å². The van der Waals surface area contributed by atoms with Crippen molar-refractivity contribution in [2.75, 3.05) is 19.8 Å². The van der Waals surface area contributed by atoms with Crippen molar-refractivity contribution in [3.63, 3.8) is 0 Å². The molecule has 4 rings (SSSR count). The number of carbonyl (C=O) groups excluding carboxylic acids is 2. The Bertz CT molecular complexity index is 915. The first-order chi connectivity index (χ1) is 17.5. The van der Waals surface area contributed by atoms with E-state index in [1.54, 1.807) is 0 Å². The van der Waals surface area contributed by atoms with E-state index in [1.165, 1.54) is 12.5 Å². The van der Waals surface area contributed by atoms with Gasteiger partial charge in [0.15, 0.2) is 6.29 Å². The molecule has 2 aliphatic heterocycles. The molecular formula is C28H42O9. The van der Waals surface area contributed by atoms with Gasteiger partial charge in [-0.3, -0.25) is 4.79 Å². The molecule has 0 bridgehead atoms. The van der Waals surface area contributed by atoms with Crippen molar-refractivity contribution in [3.05, 3.63) is 23.8 Å². The monoisotopic (exact) mass is 522 g/mol. The van der Waals surface area contributed by atoms with E-state index in [0.717, 1.165) is 44.1 Å². The fourth-order valence-electron chi connectivity index (χ4n) is 7.35. The maximum Gasteiger partial charge on any atom is 0.334 e. The number of cyclic esters (lactones) is 1. The van der Waals surface area contributed by atoms with Crippen LogP contribution in [0.1, 0.15) is 65.7 Å². The molecule has 1 saturated heterocycles. The molecule has 2 aliphatic carbocycles. The molecule has 37 heavy (non-hydrogen) atoms. The topological polar surface area (TPSA) is 132 Å².